The minimum absolute atomic E-state index is 0.0389. The highest BCUT2D eigenvalue weighted by Gasteiger charge is 2.49. The van der Waals surface area contributed by atoms with Gasteiger partial charge in [-0.3, -0.25) is 4.90 Å². The second kappa shape index (κ2) is 14.2. The molecule has 2 amide bonds. The fourth-order valence-corrected chi connectivity index (χ4v) is 5.96. The molecule has 0 spiro atoms. The number of amides is 2. The van der Waals surface area contributed by atoms with E-state index >= 15 is 0 Å². The molecule has 13 heteroatoms. The summed E-state index contributed by atoms with van der Waals surface area (Å²) in [5.74, 6) is -1.61. The number of carbonyl (C=O) groups excluding carboxylic acids is 2. The third-order valence-corrected chi connectivity index (χ3v) is 8.62. The second-order valence-corrected chi connectivity index (χ2v) is 11.7. The molecule has 0 radical (unpaired) electrons. The average molecular weight is 655 g/mol. The van der Waals surface area contributed by atoms with E-state index in [1.807, 2.05) is 6.07 Å². The van der Waals surface area contributed by atoms with Crippen LogP contribution < -0.4 is 5.73 Å². The van der Waals surface area contributed by atoms with Crippen LogP contribution in [-0.2, 0) is 26.4 Å². The Morgan fingerprint density at radius 2 is 1.59 bits per heavy atom. The molecule has 2 N–H and O–H groups in total. The summed E-state index contributed by atoms with van der Waals surface area (Å²) in [6.45, 7) is 2.79. The van der Waals surface area contributed by atoms with Crippen molar-refractivity contribution in [2.75, 3.05) is 13.2 Å². The van der Waals surface area contributed by atoms with Crippen molar-refractivity contribution in [1.29, 1.82) is 0 Å². The van der Waals surface area contributed by atoms with Gasteiger partial charge in [0.15, 0.2) is 0 Å². The van der Waals surface area contributed by atoms with E-state index in [1.165, 1.54) is 11.8 Å². The number of likely N-dealkylation sites (tertiary alicyclic amines) is 1. The van der Waals surface area contributed by atoms with Crippen molar-refractivity contribution in [3.05, 3.63) is 95.1 Å². The van der Waals surface area contributed by atoms with Crippen LogP contribution in [0.15, 0.2) is 84.0 Å². The molecule has 1 fully saturated rings. The van der Waals surface area contributed by atoms with Crippen molar-refractivity contribution in [1.82, 2.24) is 4.90 Å². The van der Waals surface area contributed by atoms with Crippen LogP contribution in [0.4, 0.5) is 35.9 Å². The number of nitrogens with zero attached hydrogens (tertiary/aromatic N) is 1. The lowest BCUT2D eigenvalue weighted by Crippen LogP contribution is -2.59. The Hall–Kier alpha value is -4.00. The van der Waals surface area contributed by atoms with Crippen LogP contribution in [0.5, 0.6) is 0 Å². The van der Waals surface area contributed by atoms with E-state index in [0.717, 1.165) is 11.6 Å². The third-order valence-electron chi connectivity index (χ3n) is 8.62. The Balaban J connectivity index is 1.66. The first-order chi connectivity index (χ1) is 21.6. The maximum atomic E-state index is 13.9. The van der Waals surface area contributed by atoms with Crippen LogP contribution in [0.1, 0.15) is 44.2 Å². The van der Waals surface area contributed by atoms with Gasteiger partial charge in [-0.15, -0.1) is 0 Å². The van der Waals surface area contributed by atoms with Crippen LogP contribution in [0.2, 0.25) is 0 Å². The maximum Gasteiger partial charge on any atom is 0.416 e. The number of hydrogen-bond donors (Lipinski definition) is 1. The van der Waals surface area contributed by atoms with E-state index < -0.39 is 65.8 Å². The molecule has 2 aliphatic rings. The zero-order chi connectivity index (χ0) is 33.7. The second-order valence-electron chi connectivity index (χ2n) is 11.7. The Bertz CT molecular complexity index is 1410. The van der Waals surface area contributed by atoms with Gasteiger partial charge in [-0.2, -0.15) is 26.3 Å². The number of carbonyl (C=O) groups is 2. The van der Waals surface area contributed by atoms with Gasteiger partial charge in [-0.05, 0) is 50.3 Å². The molecule has 2 aromatic carbocycles. The molecule has 46 heavy (non-hydrogen) atoms. The first kappa shape index (κ1) is 34.9. The topological polar surface area (TPSA) is 91.1 Å². The number of allylic oxidation sites excluding steroid dienone is 3. The van der Waals surface area contributed by atoms with E-state index in [1.54, 1.807) is 61.5 Å². The number of benzene rings is 2. The average Bonchev–Trinajstić information content (AvgIpc) is 3.02. The number of alkyl halides is 6. The number of primary amides is 1. The first-order valence-corrected chi connectivity index (χ1v) is 14.8. The molecule has 4 unspecified atom stereocenters. The van der Waals surface area contributed by atoms with E-state index in [-0.39, 0.29) is 38.2 Å². The summed E-state index contributed by atoms with van der Waals surface area (Å²) in [4.78, 5) is 26.8. The normalized spacial score (nSPS) is 23.5. The summed E-state index contributed by atoms with van der Waals surface area (Å²) in [5, 5.41) is 0. The van der Waals surface area contributed by atoms with Gasteiger partial charge in [0.05, 0.1) is 23.8 Å². The molecular weight excluding hydrogens is 618 g/mol. The molecule has 5 atom stereocenters. The molecule has 0 aromatic heterocycles. The lowest BCUT2D eigenvalue weighted by Gasteiger charge is -2.50. The highest BCUT2D eigenvalue weighted by atomic mass is 19.4. The Morgan fingerprint density at radius 3 is 2.17 bits per heavy atom. The van der Waals surface area contributed by atoms with Crippen molar-refractivity contribution < 1.29 is 50.1 Å². The molecule has 1 aliphatic carbocycles. The number of piperidine rings is 1. The molecule has 2 aromatic rings. The minimum atomic E-state index is -4.98. The predicted molar refractivity (Wildman–Crippen MR) is 156 cm³/mol. The van der Waals surface area contributed by atoms with Gasteiger partial charge in [0, 0.05) is 24.0 Å². The number of rotatable bonds is 9. The SMILES string of the molecule is CC(OC[C@@]1(c2ccccc2)CCC(C(C)OC(N)=O)CN1C(=O)OCc1ccccc1)C1C=C(C(F)(F)F)C=C(C(F)(F)F)C1. The van der Waals surface area contributed by atoms with Gasteiger partial charge >= 0.3 is 24.5 Å². The quantitative estimate of drug-likeness (QED) is 0.279. The lowest BCUT2D eigenvalue weighted by atomic mass is 9.76. The summed E-state index contributed by atoms with van der Waals surface area (Å²) in [5.41, 5.74) is 2.69. The van der Waals surface area contributed by atoms with Gasteiger partial charge in [0.1, 0.15) is 12.7 Å². The Morgan fingerprint density at radius 1 is 0.957 bits per heavy atom. The van der Waals surface area contributed by atoms with E-state index in [9.17, 15) is 35.9 Å². The largest absolute Gasteiger partial charge is 0.446 e. The van der Waals surface area contributed by atoms with Crippen molar-refractivity contribution in [2.24, 2.45) is 17.6 Å². The van der Waals surface area contributed by atoms with E-state index in [0.29, 0.717) is 12.0 Å². The summed E-state index contributed by atoms with van der Waals surface area (Å²) >= 11 is 0. The van der Waals surface area contributed by atoms with Gasteiger partial charge < -0.3 is 19.9 Å². The monoisotopic (exact) mass is 654 g/mol. The van der Waals surface area contributed by atoms with Gasteiger partial charge in [-0.1, -0.05) is 66.7 Å². The van der Waals surface area contributed by atoms with Gasteiger partial charge in [0.25, 0.3) is 0 Å². The fraction of sp³-hybridized carbons (Fsp3) is 0.455. The standard InChI is InChI=1S/C33H36F6N2O5/c1-21(25-15-27(32(34,35)36)17-28(16-25)33(37,38)39)45-20-31(26-11-7-4-8-12-26)14-13-24(22(2)46-29(40)42)18-41(31)30(43)44-19-23-9-5-3-6-10-23/h3-12,15,17,21-22,24-25H,13-14,16,18-20H2,1-2H3,(H2,40,42)/t21?,22?,24?,25?,31-/m1/s1. The molecule has 1 saturated heterocycles. The van der Waals surface area contributed by atoms with Crippen molar-refractivity contribution in [2.45, 2.75) is 69.8 Å². The lowest BCUT2D eigenvalue weighted by molar-refractivity contribution is -0.106. The van der Waals surface area contributed by atoms with Crippen LogP contribution >= 0.6 is 0 Å². The number of nitrogens with two attached hydrogens (primary N) is 1. The molecule has 7 nitrogen and oxygen atoms in total. The molecule has 1 aliphatic heterocycles. The van der Waals surface area contributed by atoms with Gasteiger partial charge in [0.2, 0.25) is 0 Å². The summed E-state index contributed by atoms with van der Waals surface area (Å²) in [6, 6.07) is 17.7. The summed E-state index contributed by atoms with van der Waals surface area (Å²) in [7, 11) is 0. The Labute approximate surface area is 263 Å². The highest BCUT2D eigenvalue weighted by molar-refractivity contribution is 5.70. The molecular formula is C33H36F6N2O5. The number of hydrogen-bond acceptors (Lipinski definition) is 5. The van der Waals surface area contributed by atoms with Crippen molar-refractivity contribution >= 4 is 12.2 Å². The Kier molecular flexibility index (Phi) is 10.8. The third kappa shape index (κ3) is 8.42. The van der Waals surface area contributed by atoms with Crippen LogP contribution in [0, 0.1) is 11.8 Å². The van der Waals surface area contributed by atoms with Crippen molar-refractivity contribution in [3.8, 4) is 0 Å². The van der Waals surface area contributed by atoms with Crippen LogP contribution in [0.25, 0.3) is 0 Å². The minimum Gasteiger partial charge on any atom is -0.446 e. The van der Waals surface area contributed by atoms with Crippen LogP contribution in [-0.4, -0.2) is 54.8 Å². The fourth-order valence-electron chi connectivity index (χ4n) is 5.96. The molecule has 1 heterocycles. The summed E-state index contributed by atoms with van der Waals surface area (Å²) in [6.07, 6.45) is -12.5. The maximum absolute atomic E-state index is 13.9. The number of ether oxygens (including phenoxy) is 3. The molecule has 0 saturated carbocycles. The van der Waals surface area contributed by atoms with E-state index in [2.05, 4.69) is 0 Å². The first-order valence-electron chi connectivity index (χ1n) is 14.8. The zero-order valence-electron chi connectivity index (χ0n) is 25.3. The van der Waals surface area contributed by atoms with Gasteiger partial charge in [-0.25, -0.2) is 9.59 Å². The highest BCUT2D eigenvalue weighted by Crippen LogP contribution is 2.44. The zero-order valence-corrected chi connectivity index (χ0v) is 25.3. The predicted octanol–water partition coefficient (Wildman–Crippen LogP) is 7.82. The van der Waals surface area contributed by atoms with Crippen LogP contribution in [0.3, 0.4) is 0 Å². The molecule has 4 rings (SSSR count). The molecule has 250 valence electrons. The smallest absolute Gasteiger partial charge is 0.416 e. The van der Waals surface area contributed by atoms with Crippen molar-refractivity contribution in [3.63, 3.8) is 0 Å². The number of halogens is 6. The van der Waals surface area contributed by atoms with E-state index in [4.69, 9.17) is 19.9 Å². The summed E-state index contributed by atoms with van der Waals surface area (Å²) < 4.78 is 98.7. The molecule has 0 bridgehead atoms.